The molecule has 1 aromatic carbocycles. The van der Waals surface area contributed by atoms with Crippen LogP contribution in [0.1, 0.15) is 34.5 Å². The number of nitrogens with zero attached hydrogens (tertiary/aromatic N) is 4. The van der Waals surface area contributed by atoms with Crippen LogP contribution in [0.4, 0.5) is 0 Å². The van der Waals surface area contributed by atoms with E-state index in [2.05, 4.69) is 22.1 Å². The van der Waals surface area contributed by atoms with Gasteiger partial charge in [0, 0.05) is 38.6 Å². The summed E-state index contributed by atoms with van der Waals surface area (Å²) >= 11 is 0. The molecular weight excluding hydrogens is 328 g/mol. The molecule has 2 amide bonds. The van der Waals surface area contributed by atoms with Gasteiger partial charge in [0.25, 0.3) is 5.91 Å². The zero-order valence-electron chi connectivity index (χ0n) is 14.7. The van der Waals surface area contributed by atoms with Gasteiger partial charge in [-0.15, -0.1) is 0 Å². The van der Waals surface area contributed by atoms with E-state index in [0.29, 0.717) is 25.3 Å². The molecule has 134 valence electrons. The lowest BCUT2D eigenvalue weighted by atomic mass is 9.93. The van der Waals surface area contributed by atoms with Gasteiger partial charge in [0.1, 0.15) is 5.69 Å². The standard InChI is InChI=1S/C20H22N4O2/c25-19(24-11-7-15-4-1-2-5-16(15)13-24)17-6-3-10-23(14-17)20(26)18-12-21-8-9-22-18/h1-2,4-5,8-9,12,17H,3,6-7,10-11,13-14H2/t17-/m0/s1. The first-order chi connectivity index (χ1) is 12.7. The third-order valence-electron chi connectivity index (χ3n) is 5.28. The molecule has 1 atom stereocenters. The minimum absolute atomic E-state index is 0.130. The Morgan fingerprint density at radius 1 is 1.04 bits per heavy atom. The van der Waals surface area contributed by atoms with E-state index in [0.717, 1.165) is 25.8 Å². The fourth-order valence-electron chi connectivity index (χ4n) is 3.88. The van der Waals surface area contributed by atoms with Gasteiger partial charge in [0.05, 0.1) is 12.1 Å². The van der Waals surface area contributed by atoms with Crippen LogP contribution in [0.5, 0.6) is 0 Å². The van der Waals surface area contributed by atoms with Gasteiger partial charge in [-0.3, -0.25) is 14.6 Å². The van der Waals surface area contributed by atoms with Crippen molar-refractivity contribution in [1.29, 1.82) is 0 Å². The predicted octanol–water partition coefficient (Wildman–Crippen LogP) is 1.91. The molecule has 0 spiro atoms. The second kappa shape index (κ2) is 7.23. The molecule has 6 heteroatoms. The van der Waals surface area contributed by atoms with Crippen LogP contribution in [0.3, 0.4) is 0 Å². The second-order valence-electron chi connectivity index (χ2n) is 6.96. The SMILES string of the molecule is O=C(c1cnccn1)N1CCC[C@H](C(=O)N2CCc3ccccc3C2)C1. The molecule has 3 heterocycles. The van der Waals surface area contributed by atoms with Crippen molar-refractivity contribution in [3.63, 3.8) is 0 Å². The molecule has 2 aliphatic heterocycles. The third-order valence-corrected chi connectivity index (χ3v) is 5.28. The van der Waals surface area contributed by atoms with Gasteiger partial charge in [-0.05, 0) is 30.4 Å². The van der Waals surface area contributed by atoms with E-state index < -0.39 is 0 Å². The largest absolute Gasteiger partial charge is 0.338 e. The van der Waals surface area contributed by atoms with Crippen molar-refractivity contribution in [2.75, 3.05) is 19.6 Å². The summed E-state index contributed by atoms with van der Waals surface area (Å²) in [6.45, 7) is 2.56. The number of carbonyl (C=O) groups excluding carboxylic acids is 2. The molecule has 0 saturated carbocycles. The van der Waals surface area contributed by atoms with E-state index in [9.17, 15) is 9.59 Å². The average Bonchev–Trinajstić information content (AvgIpc) is 2.73. The lowest BCUT2D eigenvalue weighted by molar-refractivity contribution is -0.137. The number of benzene rings is 1. The van der Waals surface area contributed by atoms with Crippen LogP contribution in [0.15, 0.2) is 42.9 Å². The molecule has 0 N–H and O–H groups in total. The smallest absolute Gasteiger partial charge is 0.274 e. The number of amides is 2. The Kier molecular flexibility index (Phi) is 4.65. The number of likely N-dealkylation sites (tertiary alicyclic amines) is 1. The number of hydrogen-bond acceptors (Lipinski definition) is 4. The lowest BCUT2D eigenvalue weighted by Gasteiger charge is -2.36. The Balaban J connectivity index is 1.43. The zero-order chi connectivity index (χ0) is 17.9. The maximum Gasteiger partial charge on any atom is 0.274 e. The monoisotopic (exact) mass is 350 g/mol. The van der Waals surface area contributed by atoms with Gasteiger partial charge in [-0.25, -0.2) is 4.98 Å². The molecule has 2 aromatic rings. The van der Waals surface area contributed by atoms with Crippen molar-refractivity contribution < 1.29 is 9.59 Å². The van der Waals surface area contributed by atoms with Crippen LogP contribution in [0, 0.1) is 5.92 Å². The quantitative estimate of drug-likeness (QED) is 0.830. The van der Waals surface area contributed by atoms with Crippen LogP contribution < -0.4 is 0 Å². The Morgan fingerprint density at radius 2 is 1.88 bits per heavy atom. The molecule has 0 unspecified atom stereocenters. The summed E-state index contributed by atoms with van der Waals surface area (Å²) in [5.74, 6) is -0.106. The fraction of sp³-hybridized carbons (Fsp3) is 0.400. The van der Waals surface area contributed by atoms with Crippen molar-refractivity contribution in [3.05, 3.63) is 59.7 Å². The average molecular weight is 350 g/mol. The first-order valence-corrected chi connectivity index (χ1v) is 9.13. The molecule has 6 nitrogen and oxygen atoms in total. The van der Waals surface area contributed by atoms with Crippen molar-refractivity contribution in [1.82, 2.24) is 19.8 Å². The first-order valence-electron chi connectivity index (χ1n) is 9.13. The summed E-state index contributed by atoms with van der Waals surface area (Å²) < 4.78 is 0. The minimum atomic E-state index is -0.139. The van der Waals surface area contributed by atoms with Crippen molar-refractivity contribution in [2.45, 2.75) is 25.8 Å². The molecule has 4 rings (SSSR count). The van der Waals surface area contributed by atoms with Crippen molar-refractivity contribution in [3.8, 4) is 0 Å². The number of aromatic nitrogens is 2. The second-order valence-corrected chi connectivity index (χ2v) is 6.96. The molecule has 1 fully saturated rings. The van der Waals surface area contributed by atoms with Crippen LogP contribution in [0.2, 0.25) is 0 Å². The summed E-state index contributed by atoms with van der Waals surface area (Å²) in [5, 5.41) is 0. The summed E-state index contributed by atoms with van der Waals surface area (Å²) in [7, 11) is 0. The molecule has 0 bridgehead atoms. The number of rotatable bonds is 2. The normalized spacial score (nSPS) is 19.8. The predicted molar refractivity (Wildman–Crippen MR) is 96.2 cm³/mol. The van der Waals surface area contributed by atoms with E-state index in [4.69, 9.17) is 0 Å². The van der Waals surface area contributed by atoms with Gasteiger partial charge in [0.2, 0.25) is 5.91 Å². The van der Waals surface area contributed by atoms with Gasteiger partial charge in [-0.2, -0.15) is 0 Å². The molecule has 0 aliphatic carbocycles. The highest BCUT2D eigenvalue weighted by molar-refractivity contribution is 5.92. The Hall–Kier alpha value is -2.76. The van der Waals surface area contributed by atoms with Crippen LogP contribution in [0.25, 0.3) is 0 Å². The highest BCUT2D eigenvalue weighted by Gasteiger charge is 2.33. The summed E-state index contributed by atoms with van der Waals surface area (Å²) in [6.07, 6.45) is 7.12. The van der Waals surface area contributed by atoms with E-state index >= 15 is 0 Å². The Morgan fingerprint density at radius 3 is 2.69 bits per heavy atom. The number of piperidine rings is 1. The number of hydrogen-bond donors (Lipinski definition) is 0. The van der Waals surface area contributed by atoms with Gasteiger partial charge in [-0.1, -0.05) is 24.3 Å². The van der Waals surface area contributed by atoms with Gasteiger partial charge in [0.15, 0.2) is 0 Å². The Bertz CT molecular complexity index is 808. The van der Waals surface area contributed by atoms with E-state index in [1.165, 1.54) is 23.5 Å². The van der Waals surface area contributed by atoms with E-state index in [1.807, 2.05) is 17.0 Å². The summed E-state index contributed by atoms with van der Waals surface area (Å²) in [5.41, 5.74) is 2.91. The highest BCUT2D eigenvalue weighted by atomic mass is 16.2. The first kappa shape index (κ1) is 16.7. The molecule has 1 aromatic heterocycles. The van der Waals surface area contributed by atoms with Crippen LogP contribution in [-0.4, -0.2) is 51.2 Å². The van der Waals surface area contributed by atoms with Crippen molar-refractivity contribution >= 4 is 11.8 Å². The Labute approximate surface area is 152 Å². The van der Waals surface area contributed by atoms with Crippen LogP contribution in [-0.2, 0) is 17.8 Å². The van der Waals surface area contributed by atoms with Crippen molar-refractivity contribution in [2.24, 2.45) is 5.92 Å². The summed E-state index contributed by atoms with van der Waals surface area (Å²) in [6, 6.07) is 8.31. The maximum absolute atomic E-state index is 13.0. The summed E-state index contributed by atoms with van der Waals surface area (Å²) in [4.78, 5) is 37.4. The number of carbonyl (C=O) groups is 2. The molecule has 0 radical (unpaired) electrons. The zero-order valence-corrected chi connectivity index (χ0v) is 14.7. The van der Waals surface area contributed by atoms with E-state index in [1.54, 1.807) is 11.1 Å². The molecule has 1 saturated heterocycles. The third kappa shape index (κ3) is 3.31. The minimum Gasteiger partial charge on any atom is -0.338 e. The molecule has 2 aliphatic rings. The maximum atomic E-state index is 13.0. The van der Waals surface area contributed by atoms with Crippen LogP contribution >= 0.6 is 0 Å². The lowest BCUT2D eigenvalue weighted by Crippen LogP contribution is -2.48. The highest BCUT2D eigenvalue weighted by Crippen LogP contribution is 2.24. The van der Waals surface area contributed by atoms with E-state index in [-0.39, 0.29) is 17.7 Å². The molecule has 26 heavy (non-hydrogen) atoms. The van der Waals surface area contributed by atoms with Gasteiger partial charge < -0.3 is 9.80 Å². The fourth-order valence-corrected chi connectivity index (χ4v) is 3.88. The molecular formula is C20H22N4O2. The number of fused-ring (bicyclic) bond motifs is 1. The topological polar surface area (TPSA) is 66.4 Å². The van der Waals surface area contributed by atoms with Gasteiger partial charge >= 0.3 is 0 Å².